The highest BCUT2D eigenvalue weighted by molar-refractivity contribution is 8.76. The van der Waals surface area contributed by atoms with Gasteiger partial charge in [0.05, 0.1) is 25.3 Å². The first-order chi connectivity index (χ1) is 25.0. The van der Waals surface area contributed by atoms with E-state index in [2.05, 4.69) is 5.32 Å². The first kappa shape index (κ1) is 42.8. The molecule has 13 nitrogen and oxygen atoms in total. The van der Waals surface area contributed by atoms with E-state index in [9.17, 15) is 24.3 Å². The number of nitrogens with one attached hydrogen (secondary N) is 1. The number of carbonyl (C=O) groups excluding carboxylic acids is 4. The van der Waals surface area contributed by atoms with Crippen molar-refractivity contribution in [2.45, 2.75) is 102 Å². The van der Waals surface area contributed by atoms with Gasteiger partial charge in [0, 0.05) is 45.7 Å². The fourth-order valence-electron chi connectivity index (χ4n) is 6.76. The second kappa shape index (κ2) is 18.1. The maximum Gasteiger partial charge on any atom is 0.409 e. The van der Waals surface area contributed by atoms with Crippen LogP contribution in [-0.4, -0.2) is 116 Å². The van der Waals surface area contributed by atoms with Crippen LogP contribution >= 0.6 is 33.2 Å². The molecule has 8 atom stereocenters. The lowest BCUT2D eigenvalue weighted by atomic mass is 9.83. The van der Waals surface area contributed by atoms with Crippen molar-refractivity contribution in [1.82, 2.24) is 10.2 Å². The van der Waals surface area contributed by atoms with Gasteiger partial charge in [0.15, 0.2) is 5.72 Å². The number of rotatable bonds is 10. The zero-order valence-corrected chi connectivity index (χ0v) is 34.2. The van der Waals surface area contributed by atoms with Gasteiger partial charge in [-0.2, -0.15) is 0 Å². The number of hydrogen-bond donors (Lipinski definition) is 2. The number of fused-ring (bicyclic) bond motifs is 5. The van der Waals surface area contributed by atoms with Crippen molar-refractivity contribution in [3.8, 4) is 5.75 Å². The molecule has 4 rings (SSSR count). The molecule has 53 heavy (non-hydrogen) atoms. The van der Waals surface area contributed by atoms with Crippen LogP contribution in [0.4, 0.5) is 10.5 Å². The van der Waals surface area contributed by atoms with E-state index in [0.717, 1.165) is 16.9 Å². The van der Waals surface area contributed by atoms with E-state index in [0.29, 0.717) is 24.3 Å². The van der Waals surface area contributed by atoms with Crippen LogP contribution in [0.15, 0.2) is 35.9 Å². The van der Waals surface area contributed by atoms with Crippen LogP contribution in [0.25, 0.3) is 0 Å². The van der Waals surface area contributed by atoms with Gasteiger partial charge >= 0.3 is 12.1 Å². The maximum atomic E-state index is 14.1. The summed E-state index contributed by atoms with van der Waals surface area (Å²) in [6.07, 6.45) is 3.92. The zero-order valence-electron chi connectivity index (χ0n) is 31.8. The molecule has 1 aromatic rings. The average Bonchev–Trinajstić information content (AvgIpc) is 3.81. The number of ether oxygens (including phenoxy) is 5. The third-order valence-corrected chi connectivity index (χ3v) is 12.5. The van der Waals surface area contributed by atoms with Crippen molar-refractivity contribution in [2.24, 2.45) is 5.92 Å². The van der Waals surface area contributed by atoms with Gasteiger partial charge in [0.1, 0.15) is 40.7 Å². The van der Waals surface area contributed by atoms with Crippen molar-refractivity contribution >= 4 is 62.8 Å². The first-order valence-corrected chi connectivity index (χ1v) is 20.6. The van der Waals surface area contributed by atoms with E-state index in [1.165, 1.54) is 24.0 Å². The fraction of sp³-hybridized carbons (Fsp3) is 0.622. The zero-order chi connectivity index (χ0) is 39.2. The number of epoxide rings is 1. The summed E-state index contributed by atoms with van der Waals surface area (Å²) in [4.78, 5) is 56.4. The smallest absolute Gasteiger partial charge is 0.409 e. The second-order valence-electron chi connectivity index (χ2n) is 14.0. The fourth-order valence-corrected chi connectivity index (χ4v) is 8.36. The number of esters is 1. The molecule has 294 valence electrons. The van der Waals surface area contributed by atoms with Crippen molar-refractivity contribution in [1.29, 1.82) is 0 Å². The van der Waals surface area contributed by atoms with Gasteiger partial charge in [-0.15, -0.1) is 0 Å². The lowest BCUT2D eigenvalue weighted by Gasteiger charge is -2.42. The van der Waals surface area contributed by atoms with Gasteiger partial charge in [-0.05, 0) is 57.6 Å². The molecule has 3 amide bonds. The minimum absolute atomic E-state index is 0.0446. The molecular formula is C37H52ClN3O10S2. The molecular weight excluding hydrogens is 746 g/mol. The Bertz CT molecular complexity index is 1600. The normalized spacial score (nSPS) is 31.2. The molecule has 2 saturated heterocycles. The van der Waals surface area contributed by atoms with Crippen molar-refractivity contribution in [2.75, 3.05) is 45.2 Å². The number of amides is 3. The molecule has 3 aliphatic rings. The van der Waals surface area contributed by atoms with E-state index in [4.69, 9.17) is 35.3 Å². The highest BCUT2D eigenvalue weighted by Crippen LogP contribution is 2.49. The third-order valence-electron chi connectivity index (χ3n) is 10.3. The molecule has 0 spiro atoms. The van der Waals surface area contributed by atoms with Crippen molar-refractivity contribution in [3.05, 3.63) is 46.5 Å². The molecule has 0 aliphatic carbocycles. The molecule has 0 radical (unpaired) electrons. The minimum Gasteiger partial charge on any atom is -0.495 e. The summed E-state index contributed by atoms with van der Waals surface area (Å²) in [5, 5.41) is 14.5. The van der Waals surface area contributed by atoms with Crippen LogP contribution in [0.5, 0.6) is 5.75 Å². The van der Waals surface area contributed by atoms with Crippen LogP contribution in [0.1, 0.15) is 58.9 Å². The Hall–Kier alpha value is -2.95. The van der Waals surface area contributed by atoms with Gasteiger partial charge in [-0.25, -0.2) is 9.59 Å². The van der Waals surface area contributed by atoms with Gasteiger partial charge in [-0.3, -0.25) is 14.9 Å². The Morgan fingerprint density at radius 3 is 2.64 bits per heavy atom. The summed E-state index contributed by atoms with van der Waals surface area (Å²) in [5.41, 5.74) is -0.881. The van der Waals surface area contributed by atoms with E-state index < -0.39 is 65.7 Å². The Morgan fingerprint density at radius 1 is 1.26 bits per heavy atom. The third kappa shape index (κ3) is 10.0. The summed E-state index contributed by atoms with van der Waals surface area (Å²) in [6, 6.07) is 2.64. The van der Waals surface area contributed by atoms with E-state index in [-0.39, 0.29) is 30.2 Å². The number of benzene rings is 1. The predicted octanol–water partition coefficient (Wildman–Crippen LogP) is 5.31. The Kier molecular flexibility index (Phi) is 14.6. The van der Waals surface area contributed by atoms with Crippen LogP contribution in [0.3, 0.4) is 0 Å². The molecule has 3 heterocycles. The number of hydrogen-bond acceptors (Lipinski definition) is 12. The number of alkyl carbamates (subject to hydrolysis) is 1. The van der Waals surface area contributed by atoms with Crippen molar-refractivity contribution < 1.29 is 48.0 Å². The lowest BCUT2D eigenvalue weighted by Crippen LogP contribution is -2.63. The summed E-state index contributed by atoms with van der Waals surface area (Å²) in [7, 11) is 9.35. The summed E-state index contributed by atoms with van der Waals surface area (Å²) in [5.74, 6) is -0.675. The monoisotopic (exact) mass is 797 g/mol. The van der Waals surface area contributed by atoms with Crippen LogP contribution in [0.2, 0.25) is 5.02 Å². The number of aliphatic hydroxyl groups is 1. The molecule has 2 fully saturated rings. The molecule has 16 heteroatoms. The summed E-state index contributed by atoms with van der Waals surface area (Å²) in [6.45, 7) is 7.04. The second-order valence-corrected chi connectivity index (χ2v) is 17.1. The van der Waals surface area contributed by atoms with Crippen LogP contribution < -0.4 is 15.0 Å². The van der Waals surface area contributed by atoms with Gasteiger partial charge in [0.25, 0.3) is 0 Å². The predicted molar refractivity (Wildman–Crippen MR) is 206 cm³/mol. The largest absolute Gasteiger partial charge is 0.495 e. The van der Waals surface area contributed by atoms with E-state index in [1.54, 1.807) is 80.7 Å². The number of nitrogens with zero attached hydrogens (tertiary/aromatic N) is 2. The van der Waals surface area contributed by atoms with E-state index in [1.807, 2.05) is 19.3 Å². The Morgan fingerprint density at radius 2 is 1.98 bits per heavy atom. The molecule has 4 bridgehead atoms. The molecule has 2 N–H and O–H groups in total. The molecule has 0 aromatic heterocycles. The maximum absolute atomic E-state index is 14.1. The SMILES string of the molecule is COc1cc2cc(c1Cl)N(C)C(=O)C[C@H](OC(=O)[C@@H](C)N(C)C(=O)CCCSSC)[C@]1(C)O[C@H]1[C@H](C)[C@@H]1C[C@@](O)(NC(=O)O1)[C@H](OC)/C=C/C=C(\C)C2. The quantitative estimate of drug-likeness (QED) is 0.137. The van der Waals surface area contributed by atoms with Crippen molar-refractivity contribution in [3.63, 3.8) is 0 Å². The standard InChI is InChI=1S/C37H52ClN3O10S2/c1-21-12-10-13-28(48-8)37(46)20-27(49-35(45)39-37)22(2)33-36(4,51-33)29(50-34(44)23(3)40(5)30(42)14-11-15-53-52-9)19-31(43)41(6)25-17-24(16-21)18-26(47-7)32(25)38/h10,12-13,17-18,22-23,27-29,33,46H,11,14-16,19-20H2,1-9H3,(H,39,45)/b13-10+,21-12+/t22-,23-,27+,28-,29+,33+,36+,37+/m1/s1. The van der Waals surface area contributed by atoms with E-state index >= 15 is 0 Å². The van der Waals surface area contributed by atoms with Gasteiger partial charge in [-0.1, -0.05) is 63.9 Å². The number of halogens is 1. The topological polar surface area (TPSA) is 156 Å². The highest BCUT2D eigenvalue weighted by Gasteiger charge is 2.64. The highest BCUT2D eigenvalue weighted by atomic mass is 35.5. The number of carbonyl (C=O) groups is 4. The number of likely N-dealkylation sites (N-methyl/N-ethyl adjacent to an activating group) is 1. The first-order valence-electron chi connectivity index (χ1n) is 17.5. The minimum atomic E-state index is -1.82. The average molecular weight is 798 g/mol. The summed E-state index contributed by atoms with van der Waals surface area (Å²) >= 11 is 6.76. The Labute approximate surface area is 324 Å². The molecule has 3 aliphatic heterocycles. The lowest BCUT2D eigenvalue weighted by molar-refractivity contribution is -0.162. The molecule has 0 saturated carbocycles. The van der Waals surface area contributed by atoms with Crippen LogP contribution in [-0.2, 0) is 39.8 Å². The van der Waals surface area contributed by atoms with Crippen LogP contribution in [0, 0.1) is 5.92 Å². The van der Waals surface area contributed by atoms with Gasteiger partial charge in [0.2, 0.25) is 11.8 Å². The number of allylic oxidation sites excluding steroid dienone is 3. The summed E-state index contributed by atoms with van der Waals surface area (Å²) < 4.78 is 29.2. The molecule has 1 aromatic carbocycles. The number of methoxy groups -OCH3 is 2. The Balaban J connectivity index is 1.72. The molecule has 0 unspecified atom stereocenters. The number of anilines is 1. The van der Waals surface area contributed by atoms with Gasteiger partial charge < -0.3 is 38.6 Å².